The van der Waals surface area contributed by atoms with Gasteiger partial charge in [-0.15, -0.1) is 0 Å². The Labute approximate surface area is 94.4 Å². The zero-order valence-electron chi connectivity index (χ0n) is 10.5. The van der Waals surface area contributed by atoms with Crippen LogP contribution in [0.1, 0.15) is 46.5 Å². The third-order valence-corrected chi connectivity index (χ3v) is 4.06. The van der Waals surface area contributed by atoms with Gasteiger partial charge in [-0.25, -0.2) is 0 Å². The van der Waals surface area contributed by atoms with Gasteiger partial charge in [0.05, 0.1) is 0 Å². The van der Waals surface area contributed by atoms with Gasteiger partial charge >= 0.3 is 0 Å². The van der Waals surface area contributed by atoms with Gasteiger partial charge < -0.3 is 5.32 Å². The van der Waals surface area contributed by atoms with Crippen LogP contribution in [0.5, 0.6) is 0 Å². The van der Waals surface area contributed by atoms with Crippen LogP contribution in [0.3, 0.4) is 0 Å². The van der Waals surface area contributed by atoms with E-state index in [0.29, 0.717) is 6.04 Å². The fourth-order valence-corrected chi connectivity index (χ4v) is 2.87. The lowest BCUT2D eigenvalue weighted by atomic mass is 10.0. The Hall–Kier alpha value is -0.0800. The van der Waals surface area contributed by atoms with E-state index in [2.05, 4.69) is 31.0 Å². The summed E-state index contributed by atoms with van der Waals surface area (Å²) >= 11 is 0. The Bertz CT molecular complexity index is 201. The Balaban J connectivity index is 1.89. The summed E-state index contributed by atoms with van der Waals surface area (Å²) in [5, 5.41) is 3.60. The Morgan fingerprint density at radius 3 is 2.73 bits per heavy atom. The van der Waals surface area contributed by atoms with Crippen LogP contribution in [0.25, 0.3) is 0 Å². The smallest absolute Gasteiger partial charge is 0.0221 e. The van der Waals surface area contributed by atoms with Crippen molar-refractivity contribution in [1.29, 1.82) is 0 Å². The molecule has 2 heteroatoms. The molecule has 88 valence electrons. The molecule has 3 unspecified atom stereocenters. The first-order valence-electron chi connectivity index (χ1n) is 6.69. The van der Waals surface area contributed by atoms with Crippen LogP contribution in [-0.2, 0) is 0 Å². The van der Waals surface area contributed by atoms with Crippen LogP contribution in [-0.4, -0.2) is 36.1 Å². The molecule has 0 radical (unpaired) electrons. The summed E-state index contributed by atoms with van der Waals surface area (Å²) in [5.41, 5.74) is 0. The molecule has 0 aromatic rings. The molecule has 2 rings (SSSR count). The maximum Gasteiger partial charge on any atom is 0.0221 e. The average molecular weight is 210 g/mol. The summed E-state index contributed by atoms with van der Waals surface area (Å²) in [6.45, 7) is 9.49. The van der Waals surface area contributed by atoms with Crippen LogP contribution in [0.4, 0.5) is 0 Å². The maximum atomic E-state index is 3.60. The molecule has 15 heavy (non-hydrogen) atoms. The molecule has 2 fully saturated rings. The molecule has 1 saturated carbocycles. The van der Waals surface area contributed by atoms with E-state index in [9.17, 15) is 0 Å². The molecule has 0 aromatic heterocycles. The van der Waals surface area contributed by atoms with Gasteiger partial charge in [-0.3, -0.25) is 4.90 Å². The number of nitrogens with zero attached hydrogens (tertiary/aromatic N) is 1. The second-order valence-electron chi connectivity index (χ2n) is 5.60. The molecular weight excluding hydrogens is 184 g/mol. The predicted octanol–water partition coefficient (Wildman–Crippen LogP) is 2.25. The minimum absolute atomic E-state index is 0.675. The van der Waals surface area contributed by atoms with Crippen molar-refractivity contribution in [3.8, 4) is 0 Å². The van der Waals surface area contributed by atoms with Crippen LogP contribution in [0.15, 0.2) is 0 Å². The summed E-state index contributed by atoms with van der Waals surface area (Å²) in [6, 6.07) is 2.25. The number of nitrogens with one attached hydrogen (secondary N) is 1. The van der Waals surface area contributed by atoms with Crippen LogP contribution >= 0.6 is 0 Å². The average Bonchev–Trinajstić information content (AvgIpc) is 3.01. The first-order valence-corrected chi connectivity index (χ1v) is 6.69. The Kier molecular flexibility index (Phi) is 3.68. The Morgan fingerprint density at radius 2 is 2.13 bits per heavy atom. The lowest BCUT2D eigenvalue weighted by molar-refractivity contribution is 0.0836. The third kappa shape index (κ3) is 2.94. The van der Waals surface area contributed by atoms with Gasteiger partial charge in [-0.2, -0.15) is 0 Å². The van der Waals surface area contributed by atoms with E-state index < -0.39 is 0 Å². The molecule has 2 aliphatic rings. The van der Waals surface area contributed by atoms with E-state index in [4.69, 9.17) is 0 Å². The van der Waals surface area contributed by atoms with E-state index in [1.54, 1.807) is 0 Å². The number of piperazine rings is 1. The lowest BCUT2D eigenvalue weighted by Crippen LogP contribution is -2.57. The van der Waals surface area contributed by atoms with Crippen molar-refractivity contribution in [3.63, 3.8) is 0 Å². The second kappa shape index (κ2) is 4.84. The fourth-order valence-electron chi connectivity index (χ4n) is 2.87. The fraction of sp³-hybridized carbons (Fsp3) is 1.00. The molecule has 1 N–H and O–H groups in total. The summed E-state index contributed by atoms with van der Waals surface area (Å²) in [7, 11) is 0. The summed E-state index contributed by atoms with van der Waals surface area (Å²) in [5.74, 6) is 1.06. The maximum absolute atomic E-state index is 3.60. The molecule has 1 aliphatic heterocycles. The highest BCUT2D eigenvalue weighted by molar-refractivity contribution is 4.88. The normalized spacial score (nSPS) is 35.4. The molecule has 2 nitrogen and oxygen atoms in total. The van der Waals surface area contributed by atoms with Crippen molar-refractivity contribution in [2.45, 2.75) is 64.6 Å². The van der Waals surface area contributed by atoms with Gasteiger partial charge in [0, 0.05) is 31.2 Å². The molecule has 1 aliphatic carbocycles. The van der Waals surface area contributed by atoms with Gasteiger partial charge in [-0.05, 0) is 32.6 Å². The predicted molar refractivity (Wildman–Crippen MR) is 65.1 cm³/mol. The van der Waals surface area contributed by atoms with Crippen LogP contribution < -0.4 is 5.32 Å². The lowest BCUT2D eigenvalue weighted by Gasteiger charge is -2.42. The minimum Gasteiger partial charge on any atom is -0.311 e. The number of hydrogen-bond acceptors (Lipinski definition) is 2. The SMILES string of the molecule is CCC1CNC(C)CN1C(C)CC1CC1. The zero-order chi connectivity index (χ0) is 10.8. The minimum atomic E-state index is 0.675. The highest BCUT2D eigenvalue weighted by atomic mass is 15.2. The van der Waals surface area contributed by atoms with Gasteiger partial charge in [0.2, 0.25) is 0 Å². The van der Waals surface area contributed by atoms with Crippen molar-refractivity contribution < 1.29 is 0 Å². The van der Waals surface area contributed by atoms with Crippen LogP contribution in [0, 0.1) is 5.92 Å². The first kappa shape index (κ1) is 11.4. The van der Waals surface area contributed by atoms with Crippen LogP contribution in [0.2, 0.25) is 0 Å². The molecule has 0 amide bonds. The third-order valence-electron chi connectivity index (χ3n) is 4.06. The van der Waals surface area contributed by atoms with Crippen molar-refractivity contribution >= 4 is 0 Å². The van der Waals surface area contributed by atoms with E-state index in [1.807, 2.05) is 0 Å². The first-order chi connectivity index (χ1) is 7.20. The Morgan fingerprint density at radius 1 is 1.40 bits per heavy atom. The summed E-state index contributed by atoms with van der Waals surface area (Å²) in [6.07, 6.45) is 5.70. The van der Waals surface area contributed by atoms with Crippen molar-refractivity contribution in [1.82, 2.24) is 10.2 Å². The molecule has 1 saturated heterocycles. The number of rotatable bonds is 4. The van der Waals surface area contributed by atoms with Gasteiger partial charge in [0.25, 0.3) is 0 Å². The molecule has 0 spiro atoms. The summed E-state index contributed by atoms with van der Waals surface area (Å²) in [4.78, 5) is 2.75. The topological polar surface area (TPSA) is 15.3 Å². The van der Waals surface area contributed by atoms with Gasteiger partial charge in [0.15, 0.2) is 0 Å². The largest absolute Gasteiger partial charge is 0.311 e. The standard InChI is InChI=1S/C13H26N2/c1-4-13-8-14-10(2)9-15(13)11(3)7-12-5-6-12/h10-14H,4-9H2,1-3H3. The molecule has 0 bridgehead atoms. The van der Waals surface area contributed by atoms with E-state index in [0.717, 1.165) is 18.0 Å². The molecule has 1 heterocycles. The highest BCUT2D eigenvalue weighted by Crippen LogP contribution is 2.35. The van der Waals surface area contributed by atoms with Crippen molar-refractivity contribution in [2.75, 3.05) is 13.1 Å². The van der Waals surface area contributed by atoms with Gasteiger partial charge in [-0.1, -0.05) is 19.8 Å². The van der Waals surface area contributed by atoms with E-state index >= 15 is 0 Å². The van der Waals surface area contributed by atoms with Crippen molar-refractivity contribution in [2.24, 2.45) is 5.92 Å². The van der Waals surface area contributed by atoms with E-state index in [1.165, 1.54) is 38.8 Å². The molecule has 0 aromatic carbocycles. The highest BCUT2D eigenvalue weighted by Gasteiger charge is 2.31. The van der Waals surface area contributed by atoms with Crippen molar-refractivity contribution in [3.05, 3.63) is 0 Å². The number of hydrogen-bond donors (Lipinski definition) is 1. The van der Waals surface area contributed by atoms with E-state index in [-0.39, 0.29) is 0 Å². The second-order valence-corrected chi connectivity index (χ2v) is 5.60. The molecular formula is C13H26N2. The van der Waals surface area contributed by atoms with Gasteiger partial charge in [0.1, 0.15) is 0 Å². The summed E-state index contributed by atoms with van der Waals surface area (Å²) < 4.78 is 0. The molecule has 3 atom stereocenters. The monoisotopic (exact) mass is 210 g/mol. The quantitative estimate of drug-likeness (QED) is 0.765. The zero-order valence-corrected chi connectivity index (χ0v) is 10.5.